The number of carboxylic acids is 1. The molecule has 0 unspecified atom stereocenters. The third kappa shape index (κ3) is 1.87. The SMILES string of the molecule is CCc1cc(OC)c2oc(C(=O)O)c(C3CC3)c2c1. The number of carboxylic acid groups (broad SMARTS) is 1. The van der Waals surface area contributed by atoms with Gasteiger partial charge >= 0.3 is 5.97 Å². The summed E-state index contributed by atoms with van der Waals surface area (Å²) < 4.78 is 10.9. The van der Waals surface area contributed by atoms with E-state index < -0.39 is 5.97 Å². The monoisotopic (exact) mass is 260 g/mol. The second-order valence-corrected chi connectivity index (χ2v) is 4.95. The summed E-state index contributed by atoms with van der Waals surface area (Å²) in [7, 11) is 1.58. The van der Waals surface area contributed by atoms with Crippen LogP contribution in [0.5, 0.6) is 5.75 Å². The van der Waals surface area contributed by atoms with Gasteiger partial charge in [0, 0.05) is 10.9 Å². The van der Waals surface area contributed by atoms with E-state index >= 15 is 0 Å². The molecule has 0 amide bonds. The maximum atomic E-state index is 11.3. The molecule has 3 rings (SSSR count). The summed E-state index contributed by atoms with van der Waals surface area (Å²) in [5.74, 6) is 0.00941. The molecule has 4 heteroatoms. The van der Waals surface area contributed by atoms with E-state index in [0.717, 1.165) is 35.8 Å². The van der Waals surface area contributed by atoms with Crippen molar-refractivity contribution >= 4 is 16.9 Å². The lowest BCUT2D eigenvalue weighted by atomic mass is 10.0. The van der Waals surface area contributed by atoms with Crippen molar-refractivity contribution < 1.29 is 19.1 Å². The fraction of sp³-hybridized carbons (Fsp3) is 0.400. The summed E-state index contributed by atoms with van der Waals surface area (Å²) >= 11 is 0. The molecule has 1 aliphatic rings. The minimum Gasteiger partial charge on any atom is -0.493 e. The van der Waals surface area contributed by atoms with E-state index in [-0.39, 0.29) is 5.76 Å². The molecule has 0 spiro atoms. The van der Waals surface area contributed by atoms with Crippen LogP contribution in [0.1, 0.15) is 47.4 Å². The van der Waals surface area contributed by atoms with E-state index in [4.69, 9.17) is 9.15 Å². The first-order valence-corrected chi connectivity index (χ1v) is 6.52. The Morgan fingerprint density at radius 1 is 1.47 bits per heavy atom. The van der Waals surface area contributed by atoms with Gasteiger partial charge in [0.05, 0.1) is 7.11 Å². The zero-order valence-corrected chi connectivity index (χ0v) is 11.0. The predicted molar refractivity (Wildman–Crippen MR) is 71.1 cm³/mol. The lowest BCUT2D eigenvalue weighted by Crippen LogP contribution is -1.97. The Bertz CT molecular complexity index is 650. The van der Waals surface area contributed by atoms with E-state index in [1.54, 1.807) is 7.11 Å². The minimum absolute atomic E-state index is 0.0732. The number of hydrogen-bond acceptors (Lipinski definition) is 3. The number of aryl methyl sites for hydroxylation is 1. The number of hydrogen-bond donors (Lipinski definition) is 1. The number of aromatic carboxylic acids is 1. The first kappa shape index (κ1) is 12.1. The van der Waals surface area contributed by atoms with E-state index in [1.165, 1.54) is 0 Å². The Kier molecular flexibility index (Phi) is 2.73. The molecule has 1 saturated carbocycles. The van der Waals surface area contributed by atoms with Crippen LogP contribution in [0, 0.1) is 0 Å². The van der Waals surface area contributed by atoms with Crippen LogP contribution in [-0.2, 0) is 6.42 Å². The third-order valence-electron chi connectivity index (χ3n) is 3.66. The van der Waals surface area contributed by atoms with Crippen molar-refractivity contribution in [2.45, 2.75) is 32.1 Å². The van der Waals surface area contributed by atoms with Gasteiger partial charge in [-0.3, -0.25) is 0 Å². The summed E-state index contributed by atoms with van der Waals surface area (Å²) in [5.41, 5.74) is 2.53. The second-order valence-electron chi connectivity index (χ2n) is 4.95. The van der Waals surface area contributed by atoms with E-state index in [9.17, 15) is 9.90 Å². The molecule has 0 atom stereocenters. The summed E-state index contributed by atoms with van der Waals surface area (Å²) in [6.07, 6.45) is 2.95. The van der Waals surface area contributed by atoms with Crippen molar-refractivity contribution in [3.63, 3.8) is 0 Å². The van der Waals surface area contributed by atoms with Crippen LogP contribution in [-0.4, -0.2) is 18.2 Å². The van der Waals surface area contributed by atoms with Crippen molar-refractivity contribution in [2.24, 2.45) is 0 Å². The lowest BCUT2D eigenvalue weighted by Gasteiger charge is -2.04. The van der Waals surface area contributed by atoms with Gasteiger partial charge in [-0.15, -0.1) is 0 Å². The highest BCUT2D eigenvalue weighted by atomic mass is 16.5. The molecular weight excluding hydrogens is 244 g/mol. The molecule has 1 fully saturated rings. The van der Waals surface area contributed by atoms with E-state index in [1.807, 2.05) is 12.1 Å². The van der Waals surface area contributed by atoms with Gasteiger partial charge < -0.3 is 14.3 Å². The van der Waals surface area contributed by atoms with Crippen LogP contribution in [0.15, 0.2) is 16.5 Å². The van der Waals surface area contributed by atoms with Gasteiger partial charge in [0.25, 0.3) is 0 Å². The minimum atomic E-state index is -1.00. The number of carbonyl (C=O) groups is 1. The fourth-order valence-electron chi connectivity index (χ4n) is 2.54. The Labute approximate surface area is 111 Å². The molecule has 1 aromatic carbocycles. The zero-order chi connectivity index (χ0) is 13.6. The first-order chi connectivity index (χ1) is 9.15. The van der Waals surface area contributed by atoms with Gasteiger partial charge in [0.2, 0.25) is 5.76 Å². The Balaban J connectivity index is 2.34. The van der Waals surface area contributed by atoms with Crippen molar-refractivity contribution in [3.8, 4) is 5.75 Å². The molecule has 0 saturated heterocycles. The number of methoxy groups -OCH3 is 1. The highest BCUT2D eigenvalue weighted by Gasteiger charge is 2.34. The van der Waals surface area contributed by atoms with Gasteiger partial charge in [-0.1, -0.05) is 6.92 Å². The molecule has 2 aromatic rings. The van der Waals surface area contributed by atoms with Crippen LogP contribution in [0.4, 0.5) is 0 Å². The largest absolute Gasteiger partial charge is 0.493 e. The molecular formula is C15H16O4. The fourth-order valence-corrected chi connectivity index (χ4v) is 2.54. The quantitative estimate of drug-likeness (QED) is 0.912. The smallest absolute Gasteiger partial charge is 0.372 e. The van der Waals surface area contributed by atoms with Crippen LogP contribution < -0.4 is 4.74 Å². The normalized spacial score (nSPS) is 14.8. The van der Waals surface area contributed by atoms with Gasteiger partial charge in [-0.25, -0.2) is 4.79 Å². The average Bonchev–Trinajstić information content (AvgIpc) is 3.17. The Morgan fingerprint density at radius 3 is 2.74 bits per heavy atom. The van der Waals surface area contributed by atoms with Gasteiger partial charge in [0.1, 0.15) is 0 Å². The van der Waals surface area contributed by atoms with Crippen molar-refractivity contribution in [3.05, 3.63) is 29.0 Å². The van der Waals surface area contributed by atoms with Crippen LogP contribution in [0.3, 0.4) is 0 Å². The lowest BCUT2D eigenvalue weighted by molar-refractivity contribution is 0.0663. The van der Waals surface area contributed by atoms with Crippen molar-refractivity contribution in [1.29, 1.82) is 0 Å². The molecule has 0 aliphatic heterocycles. The number of benzene rings is 1. The molecule has 1 N–H and O–H groups in total. The summed E-state index contributed by atoms with van der Waals surface area (Å²) in [6.45, 7) is 2.07. The molecule has 100 valence electrons. The molecule has 1 aliphatic carbocycles. The molecule has 0 bridgehead atoms. The van der Waals surface area contributed by atoms with Crippen LogP contribution in [0.25, 0.3) is 11.0 Å². The maximum Gasteiger partial charge on any atom is 0.372 e. The van der Waals surface area contributed by atoms with Gasteiger partial charge in [-0.05, 0) is 42.9 Å². The van der Waals surface area contributed by atoms with E-state index in [0.29, 0.717) is 17.3 Å². The van der Waals surface area contributed by atoms with Crippen LogP contribution in [0.2, 0.25) is 0 Å². The number of furan rings is 1. The highest BCUT2D eigenvalue weighted by molar-refractivity contribution is 5.98. The number of fused-ring (bicyclic) bond motifs is 1. The van der Waals surface area contributed by atoms with E-state index in [2.05, 4.69) is 6.92 Å². The van der Waals surface area contributed by atoms with Gasteiger partial charge in [-0.2, -0.15) is 0 Å². The molecule has 1 heterocycles. The second kappa shape index (κ2) is 4.30. The summed E-state index contributed by atoms with van der Waals surface area (Å²) in [6, 6.07) is 3.94. The van der Waals surface area contributed by atoms with Crippen molar-refractivity contribution in [1.82, 2.24) is 0 Å². The highest BCUT2D eigenvalue weighted by Crippen LogP contribution is 2.47. The molecule has 0 radical (unpaired) electrons. The Hall–Kier alpha value is -1.97. The molecule has 4 nitrogen and oxygen atoms in total. The topological polar surface area (TPSA) is 59.7 Å². The summed E-state index contributed by atoms with van der Waals surface area (Å²) in [4.78, 5) is 11.3. The first-order valence-electron chi connectivity index (χ1n) is 6.52. The maximum absolute atomic E-state index is 11.3. The standard InChI is InChI=1S/C15H16O4/c1-3-8-6-10-12(9-4-5-9)14(15(16)17)19-13(10)11(7-8)18-2/h6-7,9H,3-5H2,1-2H3,(H,16,17). The van der Waals surface area contributed by atoms with Crippen molar-refractivity contribution in [2.75, 3.05) is 7.11 Å². The number of rotatable bonds is 4. The number of ether oxygens (including phenoxy) is 1. The third-order valence-corrected chi connectivity index (χ3v) is 3.66. The molecule has 1 aromatic heterocycles. The van der Waals surface area contributed by atoms with Crippen LogP contribution >= 0.6 is 0 Å². The van der Waals surface area contributed by atoms with Gasteiger partial charge in [0.15, 0.2) is 11.3 Å². The summed E-state index contributed by atoms with van der Waals surface area (Å²) in [5, 5.41) is 10.2. The Morgan fingerprint density at radius 2 is 2.21 bits per heavy atom. The average molecular weight is 260 g/mol. The molecule has 19 heavy (non-hydrogen) atoms. The zero-order valence-electron chi connectivity index (χ0n) is 11.0. The predicted octanol–water partition coefficient (Wildman–Crippen LogP) is 3.58.